The average Bonchev–Trinajstić information content (AvgIpc) is 2.69. The van der Waals surface area contributed by atoms with E-state index in [0.717, 1.165) is 5.56 Å². The zero-order chi connectivity index (χ0) is 19.8. The van der Waals surface area contributed by atoms with Crippen molar-refractivity contribution in [1.29, 1.82) is 0 Å². The molecule has 0 radical (unpaired) electrons. The van der Waals surface area contributed by atoms with Gasteiger partial charge < -0.3 is 20.1 Å². The van der Waals surface area contributed by atoms with Crippen LogP contribution in [0.1, 0.15) is 18.5 Å². The Labute approximate surface area is 163 Å². The molecule has 3 rings (SSSR count). The molecule has 0 aliphatic carbocycles. The van der Waals surface area contributed by atoms with E-state index in [1.54, 1.807) is 50.0 Å². The molecule has 0 aliphatic rings. The Balaban J connectivity index is 1.80. The van der Waals surface area contributed by atoms with Gasteiger partial charge in [0.25, 0.3) is 0 Å². The summed E-state index contributed by atoms with van der Waals surface area (Å²) < 4.78 is 23.9. The standard InChI is InChI=1S/C20H22FN5O2/c1-14(15-3-5-16(21)6-4-15)24-18-11-17(28-10-9-27-2)12-19(25-18)26-20-13-22-7-8-23-20/h3-8,11-14H,9-10H2,1-2H3,(H2,23,24,25,26)/t14-/m0/s1. The van der Waals surface area contributed by atoms with E-state index in [4.69, 9.17) is 9.47 Å². The zero-order valence-corrected chi connectivity index (χ0v) is 15.7. The van der Waals surface area contributed by atoms with Crippen molar-refractivity contribution in [1.82, 2.24) is 15.0 Å². The normalized spacial score (nSPS) is 11.7. The Morgan fingerprint density at radius 2 is 1.82 bits per heavy atom. The van der Waals surface area contributed by atoms with Crippen molar-refractivity contribution in [2.45, 2.75) is 13.0 Å². The van der Waals surface area contributed by atoms with E-state index >= 15 is 0 Å². The highest BCUT2D eigenvalue weighted by Gasteiger charge is 2.10. The predicted octanol–water partition coefficient (Wildman–Crippen LogP) is 3.95. The number of nitrogens with one attached hydrogen (secondary N) is 2. The molecule has 0 aliphatic heterocycles. The van der Waals surface area contributed by atoms with E-state index < -0.39 is 0 Å². The van der Waals surface area contributed by atoms with Gasteiger partial charge in [-0.2, -0.15) is 0 Å². The van der Waals surface area contributed by atoms with Crippen molar-refractivity contribution in [3.63, 3.8) is 0 Å². The number of methoxy groups -OCH3 is 1. The van der Waals surface area contributed by atoms with E-state index in [0.29, 0.717) is 36.4 Å². The molecule has 2 N–H and O–H groups in total. The molecule has 3 aromatic rings. The maximum absolute atomic E-state index is 13.2. The van der Waals surface area contributed by atoms with E-state index in [-0.39, 0.29) is 11.9 Å². The lowest BCUT2D eigenvalue weighted by Gasteiger charge is -2.17. The van der Waals surface area contributed by atoms with Gasteiger partial charge in [-0.25, -0.2) is 14.4 Å². The molecule has 2 heterocycles. The van der Waals surface area contributed by atoms with Crippen LogP contribution in [0.5, 0.6) is 5.75 Å². The summed E-state index contributed by atoms with van der Waals surface area (Å²) in [6, 6.07) is 9.86. The second-order valence-corrected chi connectivity index (χ2v) is 6.05. The van der Waals surface area contributed by atoms with Gasteiger partial charge in [0.05, 0.1) is 12.8 Å². The van der Waals surface area contributed by atoms with Crippen molar-refractivity contribution in [2.75, 3.05) is 31.0 Å². The van der Waals surface area contributed by atoms with Crippen LogP contribution in [0.4, 0.5) is 21.8 Å². The molecule has 0 saturated heterocycles. The molecule has 146 valence electrons. The maximum atomic E-state index is 13.2. The summed E-state index contributed by atoms with van der Waals surface area (Å²) >= 11 is 0. The molecule has 1 atom stereocenters. The number of hydrogen-bond acceptors (Lipinski definition) is 7. The number of pyridine rings is 1. The molecule has 28 heavy (non-hydrogen) atoms. The van der Waals surface area contributed by atoms with E-state index in [2.05, 4.69) is 25.6 Å². The molecule has 8 heteroatoms. The van der Waals surface area contributed by atoms with Gasteiger partial charge >= 0.3 is 0 Å². The Bertz CT molecular complexity index is 878. The third-order valence-corrected chi connectivity index (χ3v) is 3.91. The van der Waals surface area contributed by atoms with Gasteiger partial charge in [-0.05, 0) is 24.6 Å². The molecular weight excluding hydrogens is 361 g/mol. The minimum atomic E-state index is -0.266. The van der Waals surface area contributed by atoms with Gasteiger partial charge in [-0.1, -0.05) is 12.1 Å². The minimum absolute atomic E-state index is 0.0771. The minimum Gasteiger partial charge on any atom is -0.491 e. The van der Waals surface area contributed by atoms with Crippen LogP contribution in [0, 0.1) is 5.82 Å². The number of ether oxygens (including phenoxy) is 2. The maximum Gasteiger partial charge on any atom is 0.150 e. The molecule has 0 amide bonds. The third kappa shape index (κ3) is 5.62. The first kappa shape index (κ1) is 19.5. The summed E-state index contributed by atoms with van der Waals surface area (Å²) in [6.07, 6.45) is 4.80. The average molecular weight is 383 g/mol. The lowest BCUT2D eigenvalue weighted by atomic mass is 10.1. The second-order valence-electron chi connectivity index (χ2n) is 6.05. The summed E-state index contributed by atoms with van der Waals surface area (Å²) in [6.45, 7) is 2.87. The highest BCUT2D eigenvalue weighted by Crippen LogP contribution is 2.26. The number of rotatable bonds is 9. The lowest BCUT2D eigenvalue weighted by molar-refractivity contribution is 0.146. The van der Waals surface area contributed by atoms with Gasteiger partial charge in [0, 0.05) is 37.7 Å². The van der Waals surface area contributed by atoms with Crippen LogP contribution < -0.4 is 15.4 Å². The Morgan fingerprint density at radius 3 is 2.54 bits per heavy atom. The van der Waals surface area contributed by atoms with Crippen LogP contribution in [0.25, 0.3) is 0 Å². The van der Waals surface area contributed by atoms with E-state index in [1.165, 1.54) is 12.1 Å². The van der Waals surface area contributed by atoms with Crippen molar-refractivity contribution in [3.05, 3.63) is 66.4 Å². The topological polar surface area (TPSA) is 81.2 Å². The summed E-state index contributed by atoms with van der Waals surface area (Å²) in [7, 11) is 1.62. The molecule has 0 unspecified atom stereocenters. The summed E-state index contributed by atoms with van der Waals surface area (Å²) in [5.41, 5.74) is 0.942. The summed E-state index contributed by atoms with van der Waals surface area (Å²) in [4.78, 5) is 12.8. The molecule has 7 nitrogen and oxygen atoms in total. The van der Waals surface area contributed by atoms with Crippen LogP contribution in [-0.2, 0) is 4.74 Å². The number of anilines is 3. The predicted molar refractivity (Wildman–Crippen MR) is 105 cm³/mol. The fourth-order valence-electron chi connectivity index (χ4n) is 2.52. The van der Waals surface area contributed by atoms with Crippen LogP contribution in [0.15, 0.2) is 55.0 Å². The van der Waals surface area contributed by atoms with Crippen LogP contribution in [0.2, 0.25) is 0 Å². The molecule has 0 spiro atoms. The van der Waals surface area contributed by atoms with Gasteiger partial charge in [0.1, 0.15) is 35.6 Å². The smallest absolute Gasteiger partial charge is 0.150 e. The van der Waals surface area contributed by atoms with Crippen molar-refractivity contribution >= 4 is 17.5 Å². The molecular formula is C20H22FN5O2. The van der Waals surface area contributed by atoms with Gasteiger partial charge in [0.2, 0.25) is 0 Å². The molecule has 0 saturated carbocycles. The third-order valence-electron chi connectivity index (χ3n) is 3.91. The van der Waals surface area contributed by atoms with Gasteiger partial charge in [-0.3, -0.25) is 4.98 Å². The summed E-state index contributed by atoms with van der Waals surface area (Å²) in [5, 5.41) is 6.42. The molecule has 0 fully saturated rings. The van der Waals surface area contributed by atoms with Crippen molar-refractivity contribution in [2.24, 2.45) is 0 Å². The van der Waals surface area contributed by atoms with Gasteiger partial charge in [0.15, 0.2) is 0 Å². The Hall–Kier alpha value is -3.26. The first-order valence-corrected chi connectivity index (χ1v) is 8.83. The molecule has 2 aromatic heterocycles. The Kier molecular flexibility index (Phi) is 6.69. The summed E-state index contributed by atoms with van der Waals surface area (Å²) in [5.74, 6) is 2.11. The first-order chi connectivity index (χ1) is 13.6. The van der Waals surface area contributed by atoms with E-state index in [1.807, 2.05) is 6.92 Å². The number of nitrogens with zero attached hydrogens (tertiary/aromatic N) is 3. The highest BCUT2D eigenvalue weighted by molar-refractivity contribution is 5.58. The first-order valence-electron chi connectivity index (χ1n) is 8.83. The quantitative estimate of drug-likeness (QED) is 0.542. The molecule has 1 aromatic carbocycles. The van der Waals surface area contributed by atoms with Crippen molar-refractivity contribution in [3.8, 4) is 5.75 Å². The number of hydrogen-bond donors (Lipinski definition) is 2. The highest BCUT2D eigenvalue weighted by atomic mass is 19.1. The van der Waals surface area contributed by atoms with Crippen LogP contribution >= 0.6 is 0 Å². The zero-order valence-electron chi connectivity index (χ0n) is 15.7. The number of halogens is 1. The largest absolute Gasteiger partial charge is 0.491 e. The second kappa shape index (κ2) is 9.61. The van der Waals surface area contributed by atoms with Crippen LogP contribution in [0.3, 0.4) is 0 Å². The van der Waals surface area contributed by atoms with E-state index in [9.17, 15) is 4.39 Å². The Morgan fingerprint density at radius 1 is 1.04 bits per heavy atom. The lowest BCUT2D eigenvalue weighted by Crippen LogP contribution is -2.10. The molecule has 0 bridgehead atoms. The van der Waals surface area contributed by atoms with Crippen LogP contribution in [-0.4, -0.2) is 35.3 Å². The fourth-order valence-corrected chi connectivity index (χ4v) is 2.52. The van der Waals surface area contributed by atoms with Gasteiger partial charge in [-0.15, -0.1) is 0 Å². The number of aromatic nitrogens is 3. The van der Waals surface area contributed by atoms with Crippen molar-refractivity contribution < 1.29 is 13.9 Å². The fraction of sp³-hybridized carbons (Fsp3) is 0.250. The number of benzene rings is 1. The SMILES string of the molecule is COCCOc1cc(Nc2cnccn2)nc(N[C@@H](C)c2ccc(F)cc2)c1. The monoisotopic (exact) mass is 383 g/mol.